The summed E-state index contributed by atoms with van der Waals surface area (Å²) in [6, 6.07) is 18.8. The average Bonchev–Trinajstić information content (AvgIpc) is 3.45. The van der Waals surface area contributed by atoms with Crippen molar-refractivity contribution in [1.29, 1.82) is 0 Å². The minimum Gasteiger partial charge on any atom is -0.495 e. The predicted molar refractivity (Wildman–Crippen MR) is 171 cm³/mol. The Morgan fingerprint density at radius 3 is 2.29 bits per heavy atom. The zero-order chi connectivity index (χ0) is 32.7. The zero-order valence-electron chi connectivity index (χ0n) is 24.6. The van der Waals surface area contributed by atoms with Crippen molar-refractivity contribution in [3.8, 4) is 21.9 Å². The second-order valence-electron chi connectivity index (χ2n) is 9.30. The fourth-order valence-electron chi connectivity index (χ4n) is 4.02. The number of carbonyl (C=O) groups excluding carboxylic acids is 3. The minimum absolute atomic E-state index is 0.0489. The predicted octanol–water partition coefficient (Wildman–Crippen LogP) is 6.25. The van der Waals surface area contributed by atoms with Crippen LogP contribution in [0.5, 0.6) is 11.5 Å². The fraction of sp³-hybridized carbons (Fsp3) is 0.194. The largest absolute Gasteiger partial charge is 0.495 e. The lowest BCUT2D eigenvalue weighted by molar-refractivity contribution is -0.123. The molecule has 0 spiro atoms. The van der Waals surface area contributed by atoms with Crippen molar-refractivity contribution in [2.45, 2.75) is 24.8 Å². The number of benzene rings is 3. The number of rotatable bonds is 12. The number of nitrogens with one attached hydrogen (secondary N) is 2. The molecule has 2 N–H and O–H groups in total. The topological polar surface area (TPSA) is 146 Å². The van der Waals surface area contributed by atoms with Gasteiger partial charge in [-0.25, -0.2) is 18.0 Å². The number of anilines is 2. The molecule has 1 aromatic heterocycles. The quantitative estimate of drug-likeness (QED) is 0.167. The van der Waals surface area contributed by atoms with E-state index in [0.717, 1.165) is 16.5 Å². The monoisotopic (exact) mass is 672 g/mol. The first-order valence-corrected chi connectivity index (χ1v) is 16.1. The molecule has 4 aromatic rings. The zero-order valence-corrected chi connectivity index (χ0v) is 27.0. The van der Waals surface area contributed by atoms with E-state index >= 15 is 0 Å². The number of sulfonamides is 1. The van der Waals surface area contributed by atoms with Crippen molar-refractivity contribution in [3.05, 3.63) is 88.9 Å². The Kier molecular flexibility index (Phi) is 10.7. The van der Waals surface area contributed by atoms with Crippen molar-refractivity contribution in [3.63, 3.8) is 0 Å². The Labute approximate surface area is 269 Å². The fourth-order valence-corrected chi connectivity index (χ4v) is 6.42. The maximum atomic E-state index is 13.2. The van der Waals surface area contributed by atoms with Crippen LogP contribution < -0.4 is 19.5 Å². The number of hydrogen-bond donors (Lipinski definition) is 2. The Balaban J connectivity index is 1.49. The highest BCUT2D eigenvalue weighted by Gasteiger charge is 2.25. The SMILES string of the molecule is CCOC(=O)c1cc(-c2ccccc2)sc1NC(=O)[C@@H](C)OC(=O)c1cccc(S(=O)(=O)Nc2cc(Cl)c(OC)cc2OC)c1. The number of carbonyl (C=O) groups is 3. The third-order valence-corrected chi connectivity index (χ3v) is 9.03. The lowest BCUT2D eigenvalue weighted by atomic mass is 10.1. The van der Waals surface area contributed by atoms with Crippen LogP contribution in [0.4, 0.5) is 10.7 Å². The summed E-state index contributed by atoms with van der Waals surface area (Å²) in [5.41, 5.74) is 0.929. The lowest BCUT2D eigenvalue weighted by Gasteiger charge is -2.15. The van der Waals surface area contributed by atoms with Gasteiger partial charge in [0, 0.05) is 10.9 Å². The van der Waals surface area contributed by atoms with E-state index < -0.39 is 34.0 Å². The van der Waals surface area contributed by atoms with Crippen molar-refractivity contribution >= 4 is 61.5 Å². The number of amides is 1. The van der Waals surface area contributed by atoms with Crippen LogP contribution in [0.25, 0.3) is 10.4 Å². The average molecular weight is 673 g/mol. The first-order chi connectivity index (χ1) is 21.5. The Morgan fingerprint density at radius 2 is 1.62 bits per heavy atom. The van der Waals surface area contributed by atoms with Gasteiger partial charge in [0.25, 0.3) is 15.9 Å². The van der Waals surface area contributed by atoms with Crippen LogP contribution in [-0.2, 0) is 24.3 Å². The van der Waals surface area contributed by atoms with Gasteiger partial charge in [0.15, 0.2) is 6.10 Å². The van der Waals surface area contributed by atoms with E-state index in [1.807, 2.05) is 30.3 Å². The molecule has 45 heavy (non-hydrogen) atoms. The van der Waals surface area contributed by atoms with Gasteiger partial charge in [0.1, 0.15) is 16.5 Å². The molecular formula is C31H29ClN2O9S2. The number of halogens is 1. The van der Waals surface area contributed by atoms with Gasteiger partial charge in [-0.1, -0.05) is 48.0 Å². The highest BCUT2D eigenvalue weighted by Crippen LogP contribution is 2.38. The summed E-state index contributed by atoms with van der Waals surface area (Å²) in [7, 11) is -1.46. The summed E-state index contributed by atoms with van der Waals surface area (Å²) in [4.78, 5) is 39.1. The number of hydrogen-bond acceptors (Lipinski definition) is 10. The van der Waals surface area contributed by atoms with Crippen molar-refractivity contribution in [2.75, 3.05) is 30.9 Å². The molecule has 1 heterocycles. The van der Waals surface area contributed by atoms with Crippen molar-refractivity contribution in [2.24, 2.45) is 0 Å². The molecule has 0 aliphatic carbocycles. The van der Waals surface area contributed by atoms with Crippen LogP contribution in [0.15, 0.2) is 77.7 Å². The van der Waals surface area contributed by atoms with E-state index in [1.165, 1.54) is 62.8 Å². The molecule has 0 aliphatic heterocycles. The molecule has 0 radical (unpaired) electrons. The van der Waals surface area contributed by atoms with Gasteiger partial charge in [0.05, 0.1) is 47.6 Å². The smallest absolute Gasteiger partial charge is 0.341 e. The standard InChI is InChI=1S/C31H29ClN2O9S2/c1-5-42-31(37)22-15-27(19-10-7-6-8-11-19)44-29(22)33-28(35)18(2)43-30(36)20-12-9-13-21(14-20)45(38,39)34-24-16-23(32)25(40-3)17-26(24)41-4/h6-18,34H,5H2,1-4H3,(H,33,35)/t18-/m1/s1. The summed E-state index contributed by atoms with van der Waals surface area (Å²) in [5.74, 6) is -1.82. The van der Waals surface area contributed by atoms with E-state index in [0.29, 0.717) is 0 Å². The summed E-state index contributed by atoms with van der Waals surface area (Å²) >= 11 is 7.33. The third-order valence-electron chi connectivity index (χ3n) is 6.27. The van der Waals surface area contributed by atoms with Gasteiger partial charge in [-0.3, -0.25) is 9.52 Å². The van der Waals surface area contributed by atoms with Crippen LogP contribution >= 0.6 is 22.9 Å². The summed E-state index contributed by atoms with van der Waals surface area (Å²) in [6.45, 7) is 3.16. The molecule has 1 amide bonds. The second-order valence-corrected chi connectivity index (χ2v) is 12.4. The Bertz CT molecular complexity index is 1830. The van der Waals surface area contributed by atoms with Crippen LogP contribution in [0.1, 0.15) is 34.6 Å². The molecule has 0 unspecified atom stereocenters. The molecule has 0 bridgehead atoms. The van der Waals surface area contributed by atoms with E-state index in [2.05, 4.69) is 10.0 Å². The minimum atomic E-state index is -4.22. The van der Waals surface area contributed by atoms with Crippen molar-refractivity contribution in [1.82, 2.24) is 0 Å². The first kappa shape index (κ1) is 33.3. The highest BCUT2D eigenvalue weighted by molar-refractivity contribution is 7.92. The third kappa shape index (κ3) is 7.93. The lowest BCUT2D eigenvalue weighted by Crippen LogP contribution is -2.30. The van der Waals surface area contributed by atoms with Gasteiger partial charge < -0.3 is 24.3 Å². The molecule has 0 fully saturated rings. The molecular weight excluding hydrogens is 644 g/mol. The first-order valence-electron chi connectivity index (χ1n) is 13.4. The van der Waals surface area contributed by atoms with E-state index in [9.17, 15) is 22.8 Å². The normalized spacial score (nSPS) is 11.7. The molecule has 1 atom stereocenters. The van der Waals surface area contributed by atoms with Crippen molar-refractivity contribution < 1.29 is 41.7 Å². The van der Waals surface area contributed by atoms with E-state index in [4.69, 9.17) is 30.5 Å². The Hall–Kier alpha value is -4.59. The number of thiophene rings is 1. The highest BCUT2D eigenvalue weighted by atomic mass is 35.5. The Morgan fingerprint density at radius 1 is 0.911 bits per heavy atom. The molecule has 4 rings (SSSR count). The number of methoxy groups -OCH3 is 2. The number of ether oxygens (including phenoxy) is 4. The van der Waals surface area contributed by atoms with E-state index in [-0.39, 0.29) is 49.8 Å². The van der Waals surface area contributed by atoms with Gasteiger partial charge in [-0.2, -0.15) is 0 Å². The molecule has 3 aromatic carbocycles. The molecule has 14 heteroatoms. The number of esters is 2. The molecule has 236 valence electrons. The second kappa shape index (κ2) is 14.5. The maximum absolute atomic E-state index is 13.2. The summed E-state index contributed by atoms with van der Waals surface area (Å²) < 4.78 is 49.6. The van der Waals surface area contributed by atoms with Crippen LogP contribution in [0, 0.1) is 0 Å². The van der Waals surface area contributed by atoms with Crippen LogP contribution in [-0.4, -0.2) is 53.2 Å². The van der Waals surface area contributed by atoms with Gasteiger partial charge in [0.2, 0.25) is 0 Å². The molecule has 11 nitrogen and oxygen atoms in total. The van der Waals surface area contributed by atoms with Gasteiger partial charge in [-0.15, -0.1) is 11.3 Å². The van der Waals surface area contributed by atoms with E-state index in [1.54, 1.807) is 13.0 Å². The van der Waals surface area contributed by atoms with Gasteiger partial charge in [-0.05, 0) is 49.7 Å². The molecule has 0 saturated carbocycles. The summed E-state index contributed by atoms with van der Waals surface area (Å²) in [5, 5.41) is 3.02. The summed E-state index contributed by atoms with van der Waals surface area (Å²) in [6.07, 6.45) is -1.31. The molecule has 0 saturated heterocycles. The molecule has 0 aliphatic rings. The van der Waals surface area contributed by atoms with Crippen LogP contribution in [0.3, 0.4) is 0 Å². The van der Waals surface area contributed by atoms with Crippen LogP contribution in [0.2, 0.25) is 5.02 Å². The van der Waals surface area contributed by atoms with Gasteiger partial charge >= 0.3 is 11.9 Å². The maximum Gasteiger partial charge on any atom is 0.341 e.